The molecule has 0 aliphatic carbocycles. The van der Waals surface area contributed by atoms with Crippen molar-refractivity contribution < 1.29 is 4.39 Å². The van der Waals surface area contributed by atoms with Crippen LogP contribution in [0.1, 0.15) is 11.4 Å². The molecular formula is C16H21FN4S. The summed E-state index contributed by atoms with van der Waals surface area (Å²) in [4.78, 5) is 9.66. The van der Waals surface area contributed by atoms with Crippen LogP contribution in [0.25, 0.3) is 10.2 Å². The van der Waals surface area contributed by atoms with Gasteiger partial charge in [-0.25, -0.2) is 9.37 Å². The van der Waals surface area contributed by atoms with E-state index in [1.54, 1.807) is 11.3 Å². The zero-order valence-electron chi connectivity index (χ0n) is 12.6. The average Bonchev–Trinajstić information content (AvgIpc) is 3.16. The third-order valence-electron chi connectivity index (χ3n) is 4.71. The van der Waals surface area contributed by atoms with Gasteiger partial charge in [-0.15, -0.1) is 11.3 Å². The van der Waals surface area contributed by atoms with Crippen LogP contribution in [-0.2, 0) is 6.54 Å². The van der Waals surface area contributed by atoms with E-state index >= 15 is 0 Å². The zero-order valence-corrected chi connectivity index (χ0v) is 13.4. The van der Waals surface area contributed by atoms with Crippen LogP contribution in [-0.4, -0.2) is 60.1 Å². The van der Waals surface area contributed by atoms with Crippen LogP contribution in [0.2, 0.25) is 0 Å². The van der Waals surface area contributed by atoms with Gasteiger partial charge >= 0.3 is 0 Å². The summed E-state index contributed by atoms with van der Waals surface area (Å²) in [5.74, 6) is -0.205. The Morgan fingerprint density at radius 2 is 2.14 bits per heavy atom. The topological polar surface area (TPSA) is 31.4 Å². The molecule has 2 aromatic rings. The first-order chi connectivity index (χ1) is 10.8. The normalized spacial score (nSPS) is 24.3. The Morgan fingerprint density at radius 1 is 1.27 bits per heavy atom. The van der Waals surface area contributed by atoms with Gasteiger partial charge in [-0.1, -0.05) is 0 Å². The Morgan fingerprint density at radius 3 is 2.91 bits per heavy atom. The summed E-state index contributed by atoms with van der Waals surface area (Å²) >= 11 is 1.68. The van der Waals surface area contributed by atoms with Crippen molar-refractivity contribution in [2.24, 2.45) is 0 Å². The highest BCUT2D eigenvalue weighted by Gasteiger charge is 2.26. The molecule has 2 aliphatic rings. The Labute approximate surface area is 133 Å². The fourth-order valence-corrected chi connectivity index (χ4v) is 4.44. The molecule has 2 fully saturated rings. The minimum Gasteiger partial charge on any atom is -0.315 e. The van der Waals surface area contributed by atoms with E-state index in [0.717, 1.165) is 67.1 Å². The lowest BCUT2D eigenvalue weighted by Gasteiger charge is -2.37. The summed E-state index contributed by atoms with van der Waals surface area (Å²) in [6.45, 7) is 7.67. The monoisotopic (exact) mass is 320 g/mol. The van der Waals surface area contributed by atoms with Crippen LogP contribution in [0, 0.1) is 5.82 Å². The summed E-state index contributed by atoms with van der Waals surface area (Å²) in [6.07, 6.45) is 1.28. The smallest absolute Gasteiger partial charge is 0.125 e. The number of piperazine rings is 1. The molecule has 2 saturated heterocycles. The van der Waals surface area contributed by atoms with Gasteiger partial charge in [0.25, 0.3) is 0 Å². The molecule has 1 aromatic carbocycles. The van der Waals surface area contributed by atoms with Gasteiger partial charge in [0.15, 0.2) is 0 Å². The Balaban J connectivity index is 1.37. The van der Waals surface area contributed by atoms with E-state index in [0.29, 0.717) is 0 Å². The maximum Gasteiger partial charge on any atom is 0.125 e. The van der Waals surface area contributed by atoms with Gasteiger partial charge in [-0.05, 0) is 25.1 Å². The number of aromatic nitrogens is 1. The minimum atomic E-state index is -0.205. The first kappa shape index (κ1) is 14.5. The summed E-state index contributed by atoms with van der Waals surface area (Å²) in [7, 11) is 0. The van der Waals surface area contributed by atoms with Crippen LogP contribution in [0.15, 0.2) is 18.2 Å². The Bertz CT molecular complexity index is 645. The summed E-state index contributed by atoms with van der Waals surface area (Å²) in [6, 6.07) is 5.60. The number of thiazole rings is 1. The lowest BCUT2D eigenvalue weighted by atomic mass is 10.2. The van der Waals surface area contributed by atoms with Gasteiger partial charge in [0, 0.05) is 44.8 Å². The summed E-state index contributed by atoms with van der Waals surface area (Å²) in [5.41, 5.74) is 0.788. The maximum absolute atomic E-state index is 13.2. The average molecular weight is 320 g/mol. The maximum atomic E-state index is 13.2. The van der Waals surface area contributed by atoms with Crippen LogP contribution in [0.5, 0.6) is 0 Å². The van der Waals surface area contributed by atoms with Crippen LogP contribution >= 0.6 is 11.3 Å². The first-order valence-corrected chi connectivity index (χ1v) is 8.82. The standard InChI is InChI=1S/C16H21FN4S/c17-12-1-2-15-14(9-12)19-16(22-15)11-20-5-7-21(8-6-20)13-3-4-18-10-13/h1-2,9,13,18H,3-8,10-11H2. The van der Waals surface area contributed by atoms with Crippen molar-refractivity contribution in [3.63, 3.8) is 0 Å². The highest BCUT2D eigenvalue weighted by molar-refractivity contribution is 7.18. The molecule has 6 heteroatoms. The number of hydrogen-bond donors (Lipinski definition) is 1. The van der Waals surface area contributed by atoms with Crippen molar-refractivity contribution in [1.82, 2.24) is 20.1 Å². The lowest BCUT2D eigenvalue weighted by Crippen LogP contribution is -2.50. The second kappa shape index (κ2) is 6.20. The molecule has 4 nitrogen and oxygen atoms in total. The fourth-order valence-electron chi connectivity index (χ4n) is 3.44. The SMILES string of the molecule is Fc1ccc2sc(CN3CCN(C4CCNC4)CC3)nc2c1. The van der Waals surface area contributed by atoms with Gasteiger partial charge in [0.1, 0.15) is 10.8 Å². The first-order valence-electron chi connectivity index (χ1n) is 8.00. The quantitative estimate of drug-likeness (QED) is 0.936. The number of benzene rings is 1. The van der Waals surface area contributed by atoms with Gasteiger partial charge < -0.3 is 5.32 Å². The summed E-state index contributed by atoms with van der Waals surface area (Å²) in [5, 5.41) is 4.54. The number of nitrogens with zero attached hydrogens (tertiary/aromatic N) is 3. The Kier molecular flexibility index (Phi) is 4.09. The van der Waals surface area contributed by atoms with Crippen LogP contribution in [0.4, 0.5) is 4.39 Å². The molecule has 1 unspecified atom stereocenters. The fraction of sp³-hybridized carbons (Fsp3) is 0.562. The van der Waals surface area contributed by atoms with E-state index in [-0.39, 0.29) is 5.82 Å². The van der Waals surface area contributed by atoms with E-state index in [1.165, 1.54) is 18.6 Å². The van der Waals surface area contributed by atoms with Gasteiger partial charge in [-0.2, -0.15) is 0 Å². The predicted molar refractivity (Wildman–Crippen MR) is 87.7 cm³/mol. The van der Waals surface area contributed by atoms with Gasteiger partial charge in [0.2, 0.25) is 0 Å². The molecule has 0 amide bonds. The van der Waals surface area contributed by atoms with E-state index in [1.807, 2.05) is 6.07 Å². The third-order valence-corrected chi connectivity index (χ3v) is 5.73. The zero-order chi connectivity index (χ0) is 14.9. The van der Waals surface area contributed by atoms with Crippen LogP contribution < -0.4 is 5.32 Å². The second-order valence-corrected chi connectivity index (χ2v) is 7.29. The molecular weight excluding hydrogens is 299 g/mol. The number of fused-ring (bicyclic) bond motifs is 1. The largest absolute Gasteiger partial charge is 0.315 e. The van der Waals surface area contributed by atoms with E-state index in [4.69, 9.17) is 0 Å². The molecule has 1 aromatic heterocycles. The minimum absolute atomic E-state index is 0.205. The lowest BCUT2D eigenvalue weighted by molar-refractivity contribution is 0.0981. The second-order valence-electron chi connectivity index (χ2n) is 6.18. The molecule has 0 spiro atoms. The van der Waals surface area contributed by atoms with Gasteiger partial charge in [-0.3, -0.25) is 9.80 Å². The molecule has 4 rings (SSSR count). The summed E-state index contributed by atoms with van der Waals surface area (Å²) < 4.78 is 14.3. The van der Waals surface area contributed by atoms with Crippen LogP contribution in [0.3, 0.4) is 0 Å². The molecule has 0 bridgehead atoms. The highest BCUT2D eigenvalue weighted by atomic mass is 32.1. The molecule has 1 N–H and O–H groups in total. The molecule has 0 radical (unpaired) electrons. The van der Waals surface area contributed by atoms with Crippen molar-refractivity contribution in [3.05, 3.63) is 29.0 Å². The number of halogens is 1. The van der Waals surface area contributed by atoms with Crippen molar-refractivity contribution in [2.45, 2.75) is 19.0 Å². The van der Waals surface area contributed by atoms with Crippen molar-refractivity contribution in [1.29, 1.82) is 0 Å². The third kappa shape index (κ3) is 3.01. The molecule has 2 aliphatic heterocycles. The molecule has 22 heavy (non-hydrogen) atoms. The van der Waals surface area contributed by atoms with Crippen molar-refractivity contribution >= 4 is 21.6 Å². The van der Waals surface area contributed by atoms with Gasteiger partial charge in [0.05, 0.1) is 16.8 Å². The highest BCUT2D eigenvalue weighted by Crippen LogP contribution is 2.24. The molecule has 118 valence electrons. The molecule has 3 heterocycles. The number of nitrogens with one attached hydrogen (secondary N) is 1. The van der Waals surface area contributed by atoms with Crippen molar-refractivity contribution in [2.75, 3.05) is 39.3 Å². The molecule has 0 saturated carbocycles. The van der Waals surface area contributed by atoms with E-state index in [9.17, 15) is 4.39 Å². The predicted octanol–water partition coefficient (Wildman–Crippen LogP) is 1.91. The Hall–Kier alpha value is -1.08. The van der Waals surface area contributed by atoms with E-state index in [2.05, 4.69) is 20.1 Å². The number of rotatable bonds is 3. The number of hydrogen-bond acceptors (Lipinski definition) is 5. The van der Waals surface area contributed by atoms with E-state index < -0.39 is 0 Å². The molecule has 1 atom stereocenters. The van der Waals surface area contributed by atoms with Crippen molar-refractivity contribution in [3.8, 4) is 0 Å².